The predicted octanol–water partition coefficient (Wildman–Crippen LogP) is 3.06. The topological polar surface area (TPSA) is 26.0 Å². The molecule has 1 aromatic carbocycles. The number of nitrogens with two attached hydrogens (primary N) is 1. The molecule has 6 heteroatoms. The van der Waals surface area contributed by atoms with Crippen LogP contribution in [0.3, 0.4) is 0 Å². The maximum atomic E-state index is 13.2. The van der Waals surface area contributed by atoms with E-state index in [2.05, 4.69) is 0 Å². The Hall–Kier alpha value is -0.810. The Morgan fingerprint density at radius 2 is 1.80 bits per heavy atom. The SMILES string of the molecule is NCCC(F)(F)c1cc(F)c(Cl)cc1F. The van der Waals surface area contributed by atoms with Crippen molar-refractivity contribution >= 4 is 11.6 Å². The summed E-state index contributed by atoms with van der Waals surface area (Å²) < 4.78 is 52.3. The monoisotopic (exact) mass is 241 g/mol. The molecule has 15 heavy (non-hydrogen) atoms. The zero-order valence-corrected chi connectivity index (χ0v) is 8.29. The van der Waals surface area contributed by atoms with Crippen LogP contribution in [0.1, 0.15) is 12.0 Å². The van der Waals surface area contributed by atoms with E-state index >= 15 is 0 Å². The van der Waals surface area contributed by atoms with Crippen molar-refractivity contribution < 1.29 is 17.6 Å². The first kappa shape index (κ1) is 12.3. The summed E-state index contributed by atoms with van der Waals surface area (Å²) >= 11 is 5.23. The Morgan fingerprint density at radius 1 is 1.20 bits per heavy atom. The first-order valence-electron chi connectivity index (χ1n) is 4.11. The van der Waals surface area contributed by atoms with E-state index in [4.69, 9.17) is 17.3 Å². The van der Waals surface area contributed by atoms with E-state index in [0.29, 0.717) is 12.1 Å². The lowest BCUT2D eigenvalue weighted by molar-refractivity contribution is -0.0144. The van der Waals surface area contributed by atoms with Crippen LogP contribution in [-0.2, 0) is 5.92 Å². The summed E-state index contributed by atoms with van der Waals surface area (Å²) in [6.07, 6.45) is -0.745. The van der Waals surface area contributed by atoms with Crippen LogP contribution in [0, 0.1) is 11.6 Å². The van der Waals surface area contributed by atoms with Crippen LogP contribution in [0.25, 0.3) is 0 Å². The Morgan fingerprint density at radius 3 is 2.33 bits per heavy atom. The van der Waals surface area contributed by atoms with Gasteiger partial charge in [0.1, 0.15) is 11.6 Å². The summed E-state index contributed by atoms with van der Waals surface area (Å²) in [5.74, 6) is -5.80. The predicted molar refractivity (Wildman–Crippen MR) is 48.9 cm³/mol. The van der Waals surface area contributed by atoms with Crippen LogP contribution >= 0.6 is 11.6 Å². The van der Waals surface area contributed by atoms with Gasteiger partial charge < -0.3 is 5.73 Å². The summed E-state index contributed by atoms with van der Waals surface area (Å²) in [6.45, 7) is -0.323. The van der Waals surface area contributed by atoms with E-state index in [9.17, 15) is 17.6 Å². The second-order valence-corrected chi connectivity index (χ2v) is 3.40. The minimum absolute atomic E-state index is 0.323. The largest absolute Gasteiger partial charge is 0.330 e. The molecule has 0 radical (unpaired) electrons. The normalized spacial score (nSPS) is 11.9. The molecule has 0 heterocycles. The molecule has 84 valence electrons. The molecule has 0 aliphatic heterocycles. The zero-order valence-electron chi connectivity index (χ0n) is 7.54. The third-order valence-corrected chi connectivity index (χ3v) is 2.15. The molecule has 0 unspecified atom stereocenters. The molecule has 0 atom stereocenters. The van der Waals surface area contributed by atoms with Gasteiger partial charge in [-0.15, -0.1) is 0 Å². The first-order valence-corrected chi connectivity index (χ1v) is 4.49. The van der Waals surface area contributed by atoms with E-state index in [1.165, 1.54) is 0 Å². The average molecular weight is 242 g/mol. The van der Waals surface area contributed by atoms with Crippen LogP contribution in [0.2, 0.25) is 5.02 Å². The lowest BCUT2D eigenvalue weighted by Gasteiger charge is -2.16. The van der Waals surface area contributed by atoms with Crippen LogP contribution in [0.15, 0.2) is 12.1 Å². The molecule has 0 aliphatic carbocycles. The number of hydrogen-bond acceptors (Lipinski definition) is 1. The number of alkyl halides is 2. The van der Waals surface area contributed by atoms with Gasteiger partial charge in [-0.2, -0.15) is 0 Å². The number of benzene rings is 1. The lowest BCUT2D eigenvalue weighted by Crippen LogP contribution is -2.20. The summed E-state index contributed by atoms with van der Waals surface area (Å²) in [5.41, 5.74) is 3.93. The molecule has 1 rings (SSSR count). The fraction of sp³-hybridized carbons (Fsp3) is 0.333. The van der Waals surface area contributed by atoms with E-state index in [0.717, 1.165) is 0 Å². The fourth-order valence-electron chi connectivity index (χ4n) is 1.12. The molecule has 0 amide bonds. The lowest BCUT2D eigenvalue weighted by atomic mass is 10.0. The van der Waals surface area contributed by atoms with E-state index in [1.54, 1.807) is 0 Å². The van der Waals surface area contributed by atoms with Gasteiger partial charge in [-0.1, -0.05) is 11.6 Å². The van der Waals surface area contributed by atoms with Crippen molar-refractivity contribution in [3.05, 3.63) is 34.4 Å². The average Bonchev–Trinajstić information content (AvgIpc) is 2.11. The van der Waals surface area contributed by atoms with Gasteiger partial charge in [-0.25, -0.2) is 17.6 Å². The second kappa shape index (κ2) is 4.37. The van der Waals surface area contributed by atoms with Crippen molar-refractivity contribution in [1.82, 2.24) is 0 Å². The van der Waals surface area contributed by atoms with E-state index in [-0.39, 0.29) is 6.54 Å². The third kappa shape index (κ3) is 2.60. The van der Waals surface area contributed by atoms with Crippen molar-refractivity contribution in [3.63, 3.8) is 0 Å². The molecule has 1 aromatic rings. The maximum absolute atomic E-state index is 13.2. The molecule has 0 aliphatic rings. The molecule has 0 saturated carbocycles. The van der Waals surface area contributed by atoms with Crippen molar-refractivity contribution in [2.75, 3.05) is 6.54 Å². The summed E-state index contributed by atoms with van der Waals surface area (Å²) in [5, 5.41) is -0.528. The van der Waals surface area contributed by atoms with Gasteiger partial charge in [0.15, 0.2) is 0 Å². The van der Waals surface area contributed by atoms with Crippen LogP contribution < -0.4 is 5.73 Å². The Labute approximate surface area is 88.8 Å². The number of halogens is 5. The minimum Gasteiger partial charge on any atom is -0.330 e. The van der Waals surface area contributed by atoms with Gasteiger partial charge in [-0.3, -0.25) is 0 Å². The highest BCUT2D eigenvalue weighted by Gasteiger charge is 2.34. The highest BCUT2D eigenvalue weighted by Crippen LogP contribution is 2.34. The first-order chi connectivity index (χ1) is 6.88. The van der Waals surface area contributed by atoms with E-state index < -0.39 is 34.6 Å². The Kier molecular flexibility index (Phi) is 3.57. The standard InChI is InChI=1S/C9H8ClF4N/c10-6-4-7(11)5(3-8(6)12)9(13,14)1-2-15/h3-4H,1-2,15H2. The summed E-state index contributed by atoms with van der Waals surface area (Å²) in [6, 6.07) is 0.921. The van der Waals surface area contributed by atoms with Crippen molar-refractivity contribution in [2.24, 2.45) is 5.73 Å². The molecule has 0 aromatic heterocycles. The number of hydrogen-bond donors (Lipinski definition) is 1. The van der Waals surface area contributed by atoms with Gasteiger partial charge in [0.25, 0.3) is 5.92 Å². The quantitative estimate of drug-likeness (QED) is 0.639. The molecule has 0 saturated heterocycles. The molecule has 0 spiro atoms. The summed E-state index contributed by atoms with van der Waals surface area (Å²) in [4.78, 5) is 0. The molecule has 0 fully saturated rings. The fourth-order valence-corrected chi connectivity index (χ4v) is 1.27. The third-order valence-electron chi connectivity index (χ3n) is 1.86. The maximum Gasteiger partial charge on any atom is 0.277 e. The molecular weight excluding hydrogens is 234 g/mol. The second-order valence-electron chi connectivity index (χ2n) is 2.99. The van der Waals surface area contributed by atoms with Gasteiger partial charge in [0.05, 0.1) is 10.6 Å². The van der Waals surface area contributed by atoms with Gasteiger partial charge in [-0.05, 0) is 18.7 Å². The Balaban J connectivity index is 3.19. The highest BCUT2D eigenvalue weighted by molar-refractivity contribution is 6.30. The van der Waals surface area contributed by atoms with E-state index in [1.807, 2.05) is 0 Å². The van der Waals surface area contributed by atoms with Crippen LogP contribution in [-0.4, -0.2) is 6.54 Å². The van der Waals surface area contributed by atoms with Crippen LogP contribution in [0.4, 0.5) is 17.6 Å². The smallest absolute Gasteiger partial charge is 0.277 e. The van der Waals surface area contributed by atoms with Crippen molar-refractivity contribution in [1.29, 1.82) is 0 Å². The van der Waals surface area contributed by atoms with Crippen LogP contribution in [0.5, 0.6) is 0 Å². The van der Waals surface area contributed by atoms with Crippen molar-refractivity contribution in [3.8, 4) is 0 Å². The molecular formula is C9H8ClF4N. The highest BCUT2D eigenvalue weighted by atomic mass is 35.5. The summed E-state index contributed by atoms with van der Waals surface area (Å²) in [7, 11) is 0. The van der Waals surface area contributed by atoms with Gasteiger partial charge in [0, 0.05) is 6.42 Å². The van der Waals surface area contributed by atoms with Gasteiger partial charge in [0.2, 0.25) is 0 Å². The molecule has 1 nitrogen and oxygen atoms in total. The minimum atomic E-state index is -3.48. The zero-order chi connectivity index (χ0) is 11.6. The number of rotatable bonds is 3. The molecule has 0 bridgehead atoms. The van der Waals surface area contributed by atoms with Crippen molar-refractivity contribution in [2.45, 2.75) is 12.3 Å². The molecule has 2 N–H and O–H groups in total. The Bertz CT molecular complexity index is 367. The van der Waals surface area contributed by atoms with Gasteiger partial charge >= 0.3 is 0 Å².